The molecule has 0 radical (unpaired) electrons. The first-order valence-electron chi connectivity index (χ1n) is 8.45. The molecule has 0 saturated heterocycles. The van der Waals surface area contributed by atoms with E-state index in [1.807, 2.05) is 32.0 Å². The van der Waals surface area contributed by atoms with Crippen LogP contribution in [0.4, 0.5) is 17.2 Å². The molecule has 134 valence electrons. The fourth-order valence-electron chi connectivity index (χ4n) is 2.80. The third-order valence-corrected chi connectivity index (χ3v) is 3.81. The maximum atomic E-state index is 12.6. The molecular weight excluding hydrogens is 338 g/mol. The van der Waals surface area contributed by atoms with Gasteiger partial charge in [0.15, 0.2) is 0 Å². The minimum absolute atomic E-state index is 0.247. The Labute approximate surface area is 157 Å². The van der Waals surface area contributed by atoms with Crippen LogP contribution >= 0.6 is 0 Å². The van der Waals surface area contributed by atoms with Crippen LogP contribution in [0.1, 0.15) is 33.0 Å². The Hall–Kier alpha value is -3.72. The van der Waals surface area contributed by atoms with Crippen LogP contribution in [0.5, 0.6) is 0 Å². The summed E-state index contributed by atoms with van der Waals surface area (Å²) in [6.45, 7) is 5.79. The number of carbonyl (C=O) groups is 1. The van der Waals surface area contributed by atoms with Crippen molar-refractivity contribution in [2.45, 2.75) is 20.8 Å². The Morgan fingerprint density at radius 3 is 2.41 bits per heavy atom. The number of nitrogens with one attached hydrogen (secondary N) is 2. The van der Waals surface area contributed by atoms with E-state index < -0.39 is 0 Å². The van der Waals surface area contributed by atoms with Crippen molar-refractivity contribution in [3.63, 3.8) is 0 Å². The third kappa shape index (κ3) is 4.67. The maximum absolute atomic E-state index is 12.6. The number of hydrogen-bond acceptors (Lipinski definition) is 5. The van der Waals surface area contributed by atoms with Crippen molar-refractivity contribution in [3.8, 4) is 6.07 Å². The van der Waals surface area contributed by atoms with Gasteiger partial charge in [-0.3, -0.25) is 4.79 Å². The monoisotopic (exact) mass is 357 g/mol. The lowest BCUT2D eigenvalue weighted by Gasteiger charge is -2.10. The largest absolute Gasteiger partial charge is 0.340 e. The number of nitriles is 1. The Kier molecular flexibility index (Phi) is 5.13. The molecule has 0 unspecified atom stereocenters. The van der Waals surface area contributed by atoms with Crippen LogP contribution in [0, 0.1) is 32.1 Å². The van der Waals surface area contributed by atoms with E-state index in [0.717, 1.165) is 16.8 Å². The maximum Gasteiger partial charge on any atom is 0.274 e. The predicted molar refractivity (Wildman–Crippen MR) is 105 cm³/mol. The summed E-state index contributed by atoms with van der Waals surface area (Å²) in [6, 6.07) is 16.5. The van der Waals surface area contributed by atoms with E-state index in [9.17, 15) is 4.79 Å². The number of nitrogens with zero attached hydrogens (tertiary/aromatic N) is 3. The van der Waals surface area contributed by atoms with Crippen molar-refractivity contribution in [1.29, 1.82) is 5.26 Å². The number of hydrogen-bond donors (Lipinski definition) is 2. The fraction of sp³-hybridized carbons (Fsp3) is 0.143. The van der Waals surface area contributed by atoms with Crippen LogP contribution in [0.3, 0.4) is 0 Å². The second-order valence-electron chi connectivity index (χ2n) is 6.33. The van der Waals surface area contributed by atoms with Gasteiger partial charge in [-0.1, -0.05) is 12.1 Å². The summed E-state index contributed by atoms with van der Waals surface area (Å²) in [5.74, 6) is 0.669. The molecule has 6 nitrogen and oxygen atoms in total. The molecule has 2 aromatic carbocycles. The average molecular weight is 357 g/mol. The van der Waals surface area contributed by atoms with Crippen LogP contribution in [-0.4, -0.2) is 15.9 Å². The topological polar surface area (TPSA) is 90.7 Å². The Morgan fingerprint density at radius 2 is 1.70 bits per heavy atom. The summed E-state index contributed by atoms with van der Waals surface area (Å²) < 4.78 is 0. The van der Waals surface area contributed by atoms with Crippen molar-refractivity contribution in [3.05, 3.63) is 76.7 Å². The van der Waals surface area contributed by atoms with Crippen LogP contribution in [0.2, 0.25) is 0 Å². The zero-order chi connectivity index (χ0) is 19.4. The highest BCUT2D eigenvalue weighted by atomic mass is 16.1. The molecule has 1 amide bonds. The van der Waals surface area contributed by atoms with E-state index >= 15 is 0 Å². The molecule has 0 atom stereocenters. The number of benzene rings is 2. The van der Waals surface area contributed by atoms with Crippen LogP contribution in [-0.2, 0) is 0 Å². The summed E-state index contributed by atoms with van der Waals surface area (Å²) in [7, 11) is 0. The van der Waals surface area contributed by atoms with Crippen molar-refractivity contribution in [2.75, 3.05) is 10.6 Å². The van der Waals surface area contributed by atoms with E-state index in [-0.39, 0.29) is 11.6 Å². The Bertz CT molecular complexity index is 1030. The zero-order valence-electron chi connectivity index (χ0n) is 15.4. The van der Waals surface area contributed by atoms with Crippen LogP contribution in [0.25, 0.3) is 0 Å². The first kappa shape index (κ1) is 18.1. The van der Waals surface area contributed by atoms with Crippen molar-refractivity contribution in [1.82, 2.24) is 9.97 Å². The molecule has 1 aromatic heterocycles. The summed E-state index contributed by atoms with van der Waals surface area (Å²) in [4.78, 5) is 21.1. The third-order valence-electron chi connectivity index (χ3n) is 3.81. The number of aromatic nitrogens is 2. The number of aryl methyl sites for hydroxylation is 3. The van der Waals surface area contributed by atoms with Crippen LogP contribution in [0.15, 0.2) is 48.5 Å². The summed E-state index contributed by atoms with van der Waals surface area (Å²) in [5.41, 5.74) is 4.44. The average Bonchev–Trinajstić information content (AvgIpc) is 2.60. The molecule has 0 fully saturated rings. The lowest BCUT2D eigenvalue weighted by atomic mass is 10.1. The van der Waals surface area contributed by atoms with Crippen molar-refractivity contribution < 1.29 is 4.79 Å². The molecule has 3 aromatic rings. The highest BCUT2D eigenvalue weighted by Crippen LogP contribution is 2.19. The van der Waals surface area contributed by atoms with E-state index in [1.54, 1.807) is 37.3 Å². The molecule has 2 N–H and O–H groups in total. The van der Waals surface area contributed by atoms with Gasteiger partial charge in [0, 0.05) is 17.4 Å². The van der Waals surface area contributed by atoms with E-state index in [2.05, 4.69) is 26.7 Å². The molecule has 0 saturated carbocycles. The highest BCUT2D eigenvalue weighted by molar-refractivity contribution is 6.03. The molecule has 6 heteroatoms. The van der Waals surface area contributed by atoms with Gasteiger partial charge >= 0.3 is 0 Å². The van der Waals surface area contributed by atoms with Gasteiger partial charge in [0.25, 0.3) is 5.91 Å². The van der Waals surface area contributed by atoms with Crippen LogP contribution < -0.4 is 10.6 Å². The second kappa shape index (κ2) is 7.67. The van der Waals surface area contributed by atoms with Gasteiger partial charge in [0.2, 0.25) is 0 Å². The van der Waals surface area contributed by atoms with E-state index in [1.165, 1.54) is 0 Å². The van der Waals surface area contributed by atoms with Gasteiger partial charge < -0.3 is 10.6 Å². The normalized spacial score (nSPS) is 10.1. The molecule has 27 heavy (non-hydrogen) atoms. The highest BCUT2D eigenvalue weighted by Gasteiger charge is 2.12. The summed E-state index contributed by atoms with van der Waals surface area (Å²) in [6.07, 6.45) is 0. The van der Waals surface area contributed by atoms with Gasteiger partial charge in [-0.15, -0.1) is 0 Å². The second-order valence-corrected chi connectivity index (χ2v) is 6.33. The van der Waals surface area contributed by atoms with Gasteiger partial charge in [-0.25, -0.2) is 9.97 Å². The zero-order valence-corrected chi connectivity index (χ0v) is 15.4. The lowest BCUT2D eigenvalue weighted by molar-refractivity contribution is 0.102. The minimum Gasteiger partial charge on any atom is -0.340 e. The molecule has 0 aliphatic heterocycles. The Balaban J connectivity index is 1.84. The standard InChI is InChI=1S/C21H19N5O/c1-13-7-14(2)9-18(8-13)25-20-11-19(23-15(3)24-20)21(27)26-17-6-4-5-16(10-17)12-22/h4-11H,1-3H3,(H,26,27)(H,23,24,25). The smallest absolute Gasteiger partial charge is 0.274 e. The quantitative estimate of drug-likeness (QED) is 0.728. The number of carbonyl (C=O) groups excluding carboxylic acids is 1. The van der Waals surface area contributed by atoms with Gasteiger partial charge in [-0.2, -0.15) is 5.26 Å². The van der Waals surface area contributed by atoms with E-state index in [0.29, 0.717) is 22.9 Å². The number of anilines is 3. The number of amides is 1. The fourth-order valence-corrected chi connectivity index (χ4v) is 2.80. The van der Waals surface area contributed by atoms with Crippen molar-refractivity contribution in [2.24, 2.45) is 0 Å². The Morgan fingerprint density at radius 1 is 0.963 bits per heavy atom. The SMILES string of the molecule is Cc1cc(C)cc(Nc2cc(C(=O)Nc3cccc(C#N)c3)nc(C)n2)c1. The predicted octanol–water partition coefficient (Wildman–Crippen LogP) is 4.27. The van der Waals surface area contributed by atoms with Gasteiger partial charge in [-0.05, 0) is 62.2 Å². The first-order valence-corrected chi connectivity index (χ1v) is 8.45. The summed E-state index contributed by atoms with van der Waals surface area (Å²) in [5, 5.41) is 15.0. The van der Waals surface area contributed by atoms with Gasteiger partial charge in [0.1, 0.15) is 17.3 Å². The molecular formula is C21H19N5O. The first-order chi connectivity index (χ1) is 12.9. The molecule has 0 aliphatic rings. The molecule has 0 spiro atoms. The summed E-state index contributed by atoms with van der Waals surface area (Å²) >= 11 is 0. The molecule has 1 heterocycles. The lowest BCUT2D eigenvalue weighted by Crippen LogP contribution is -2.15. The van der Waals surface area contributed by atoms with Gasteiger partial charge in [0.05, 0.1) is 11.6 Å². The molecule has 0 aliphatic carbocycles. The van der Waals surface area contributed by atoms with E-state index in [4.69, 9.17) is 5.26 Å². The van der Waals surface area contributed by atoms with Crippen molar-refractivity contribution >= 4 is 23.1 Å². The molecule has 0 bridgehead atoms. The molecule has 3 rings (SSSR count). The number of rotatable bonds is 4. The minimum atomic E-state index is -0.362.